The van der Waals surface area contributed by atoms with Gasteiger partial charge in [-0.15, -0.1) is 0 Å². The largest absolute Gasteiger partial charge is 0.493 e. The van der Waals surface area contributed by atoms with Crippen LogP contribution in [0.1, 0.15) is 17.5 Å². The number of anilines is 1. The number of hydrogen-bond acceptors (Lipinski definition) is 5. The molecule has 2 aliphatic rings. The van der Waals surface area contributed by atoms with Crippen LogP contribution >= 0.6 is 0 Å². The highest BCUT2D eigenvalue weighted by molar-refractivity contribution is 5.75. The van der Waals surface area contributed by atoms with Crippen molar-refractivity contribution in [3.05, 3.63) is 11.1 Å². The van der Waals surface area contributed by atoms with Gasteiger partial charge in [0.25, 0.3) is 0 Å². The zero-order valence-electron chi connectivity index (χ0n) is 10.3. The fourth-order valence-electron chi connectivity index (χ4n) is 2.54. The van der Waals surface area contributed by atoms with Gasteiger partial charge in [-0.2, -0.15) is 0 Å². The van der Waals surface area contributed by atoms with Crippen LogP contribution in [0.25, 0.3) is 0 Å². The summed E-state index contributed by atoms with van der Waals surface area (Å²) in [6.45, 7) is 2.58. The number of nitrogens with two attached hydrogens (primary N) is 2. The van der Waals surface area contributed by atoms with E-state index in [2.05, 4.69) is 0 Å². The van der Waals surface area contributed by atoms with E-state index in [1.807, 2.05) is 0 Å². The van der Waals surface area contributed by atoms with Gasteiger partial charge in [0, 0.05) is 24.0 Å². The summed E-state index contributed by atoms with van der Waals surface area (Å²) in [6, 6.07) is 0. The van der Waals surface area contributed by atoms with Crippen LogP contribution in [-0.4, -0.2) is 26.4 Å². The van der Waals surface area contributed by atoms with Gasteiger partial charge in [0.2, 0.25) is 0 Å². The number of benzene rings is 1. The van der Waals surface area contributed by atoms with Crippen molar-refractivity contribution in [1.82, 2.24) is 0 Å². The Hall–Kier alpha value is -1.62. The molecule has 0 bridgehead atoms. The molecule has 0 saturated heterocycles. The predicted octanol–water partition coefficient (Wildman–Crippen LogP) is 0.866. The van der Waals surface area contributed by atoms with Crippen molar-refractivity contribution in [2.75, 3.05) is 32.1 Å². The zero-order chi connectivity index (χ0) is 12.5. The normalized spacial score (nSPS) is 15.8. The number of ether oxygens (including phenoxy) is 3. The summed E-state index contributed by atoms with van der Waals surface area (Å²) < 4.78 is 17.1. The van der Waals surface area contributed by atoms with E-state index in [4.69, 9.17) is 25.7 Å². The minimum absolute atomic E-state index is 0.624. The molecule has 4 N–H and O–H groups in total. The van der Waals surface area contributed by atoms with E-state index in [0.29, 0.717) is 32.1 Å². The van der Waals surface area contributed by atoms with Gasteiger partial charge in [0.15, 0.2) is 11.5 Å². The molecule has 5 heteroatoms. The van der Waals surface area contributed by atoms with Gasteiger partial charge in [-0.25, -0.2) is 0 Å². The molecule has 1 aromatic carbocycles. The lowest BCUT2D eigenvalue weighted by molar-refractivity contribution is 0.308. The lowest BCUT2D eigenvalue weighted by Gasteiger charge is -2.15. The molecular formula is C13H18N2O3. The third-order valence-electron chi connectivity index (χ3n) is 3.38. The van der Waals surface area contributed by atoms with Gasteiger partial charge in [-0.1, -0.05) is 0 Å². The van der Waals surface area contributed by atoms with Crippen LogP contribution in [0.15, 0.2) is 0 Å². The summed E-state index contributed by atoms with van der Waals surface area (Å²) in [6.07, 6.45) is 2.55. The van der Waals surface area contributed by atoms with Crippen molar-refractivity contribution < 1.29 is 14.2 Å². The fraction of sp³-hybridized carbons (Fsp3) is 0.538. The maximum atomic E-state index is 6.08. The summed E-state index contributed by atoms with van der Waals surface area (Å²) in [5, 5.41) is 0. The highest BCUT2D eigenvalue weighted by atomic mass is 16.5. The molecule has 5 nitrogen and oxygen atoms in total. The average Bonchev–Trinajstić information content (AvgIpc) is 3.02. The minimum atomic E-state index is 0.624. The van der Waals surface area contributed by atoms with E-state index >= 15 is 0 Å². The van der Waals surface area contributed by atoms with Crippen molar-refractivity contribution >= 4 is 5.69 Å². The summed E-state index contributed by atoms with van der Waals surface area (Å²) in [7, 11) is 0. The molecule has 2 heterocycles. The summed E-state index contributed by atoms with van der Waals surface area (Å²) in [5.41, 5.74) is 14.4. The SMILES string of the molecule is NCCCOc1c2c(c(N)c3c1CCO3)OCC2. The topological polar surface area (TPSA) is 79.7 Å². The van der Waals surface area contributed by atoms with Crippen LogP contribution in [-0.2, 0) is 12.8 Å². The lowest BCUT2D eigenvalue weighted by atomic mass is 10.0. The van der Waals surface area contributed by atoms with Crippen LogP contribution < -0.4 is 25.7 Å². The van der Waals surface area contributed by atoms with E-state index in [9.17, 15) is 0 Å². The Balaban J connectivity index is 2.01. The van der Waals surface area contributed by atoms with Gasteiger partial charge in [-0.05, 0) is 13.0 Å². The highest BCUT2D eigenvalue weighted by Crippen LogP contribution is 2.50. The molecule has 0 unspecified atom stereocenters. The third kappa shape index (κ3) is 1.66. The van der Waals surface area contributed by atoms with Crippen LogP contribution in [0.2, 0.25) is 0 Å². The standard InChI is InChI=1S/C13H18N2O3/c14-4-1-5-16-11-8-2-6-17-12(8)10(15)13-9(11)3-7-18-13/h1-7,14-15H2. The maximum Gasteiger partial charge on any atom is 0.153 e. The minimum Gasteiger partial charge on any atom is -0.493 e. The number of nitrogen functional groups attached to an aromatic ring is 1. The molecule has 0 amide bonds. The monoisotopic (exact) mass is 250 g/mol. The van der Waals surface area contributed by atoms with Crippen LogP contribution in [0.4, 0.5) is 5.69 Å². The number of hydrogen-bond donors (Lipinski definition) is 2. The number of rotatable bonds is 4. The molecule has 3 rings (SSSR count). The van der Waals surface area contributed by atoms with Crippen LogP contribution in [0.3, 0.4) is 0 Å². The van der Waals surface area contributed by atoms with Crippen molar-refractivity contribution in [2.24, 2.45) is 5.73 Å². The highest BCUT2D eigenvalue weighted by Gasteiger charge is 2.31. The molecule has 0 fully saturated rings. The van der Waals surface area contributed by atoms with Crippen molar-refractivity contribution in [3.8, 4) is 17.2 Å². The van der Waals surface area contributed by atoms with Gasteiger partial charge in [-0.3, -0.25) is 0 Å². The quantitative estimate of drug-likeness (QED) is 0.612. The zero-order valence-corrected chi connectivity index (χ0v) is 10.3. The second-order valence-electron chi connectivity index (χ2n) is 4.55. The third-order valence-corrected chi connectivity index (χ3v) is 3.38. The first-order valence-electron chi connectivity index (χ1n) is 6.38. The van der Waals surface area contributed by atoms with Gasteiger partial charge in [0.1, 0.15) is 11.4 Å². The van der Waals surface area contributed by atoms with Gasteiger partial charge < -0.3 is 25.7 Å². The Morgan fingerprint density at radius 3 is 2.22 bits per heavy atom. The first-order chi connectivity index (χ1) is 8.83. The van der Waals surface area contributed by atoms with E-state index in [0.717, 1.165) is 47.6 Å². The maximum absolute atomic E-state index is 6.08. The lowest BCUT2D eigenvalue weighted by Crippen LogP contribution is -2.08. The first kappa shape index (κ1) is 11.5. The summed E-state index contributed by atoms with van der Waals surface area (Å²) in [5.74, 6) is 2.41. The molecule has 0 saturated carbocycles. The van der Waals surface area contributed by atoms with Gasteiger partial charge >= 0.3 is 0 Å². The molecule has 0 aromatic heterocycles. The Kier molecular flexibility index (Phi) is 2.91. The van der Waals surface area contributed by atoms with E-state index in [1.165, 1.54) is 0 Å². The smallest absolute Gasteiger partial charge is 0.153 e. The molecule has 0 aliphatic carbocycles. The van der Waals surface area contributed by atoms with E-state index in [-0.39, 0.29) is 0 Å². The second kappa shape index (κ2) is 4.57. The van der Waals surface area contributed by atoms with Crippen LogP contribution in [0.5, 0.6) is 17.2 Å². The number of fused-ring (bicyclic) bond motifs is 2. The predicted molar refractivity (Wildman–Crippen MR) is 68.4 cm³/mol. The van der Waals surface area contributed by atoms with Gasteiger partial charge in [0.05, 0.1) is 19.8 Å². The Morgan fingerprint density at radius 2 is 1.67 bits per heavy atom. The fourth-order valence-corrected chi connectivity index (χ4v) is 2.54. The molecular weight excluding hydrogens is 232 g/mol. The van der Waals surface area contributed by atoms with Crippen molar-refractivity contribution in [1.29, 1.82) is 0 Å². The molecule has 0 radical (unpaired) electrons. The van der Waals surface area contributed by atoms with Crippen molar-refractivity contribution in [3.63, 3.8) is 0 Å². The molecule has 0 atom stereocenters. The molecule has 18 heavy (non-hydrogen) atoms. The summed E-state index contributed by atoms with van der Waals surface area (Å²) >= 11 is 0. The average molecular weight is 250 g/mol. The Morgan fingerprint density at radius 1 is 1.06 bits per heavy atom. The molecule has 1 aromatic rings. The molecule has 0 spiro atoms. The van der Waals surface area contributed by atoms with E-state index in [1.54, 1.807) is 0 Å². The molecule has 98 valence electrons. The van der Waals surface area contributed by atoms with Crippen molar-refractivity contribution in [2.45, 2.75) is 19.3 Å². The molecule has 2 aliphatic heterocycles. The summed E-state index contributed by atoms with van der Waals surface area (Å²) in [4.78, 5) is 0. The first-order valence-corrected chi connectivity index (χ1v) is 6.38. The Labute approximate surface area is 106 Å². The van der Waals surface area contributed by atoms with E-state index < -0.39 is 0 Å². The second-order valence-corrected chi connectivity index (χ2v) is 4.55. The Bertz CT molecular complexity index is 439. The van der Waals surface area contributed by atoms with Crippen LogP contribution in [0, 0.1) is 0 Å².